The number of aliphatic hydroxyl groups excluding tert-OH is 1. The molecule has 1 aromatic rings. The molecule has 0 radical (unpaired) electrons. The number of unbranched alkanes of at least 4 members (excludes halogenated alkanes) is 1. The van der Waals surface area contributed by atoms with E-state index in [1.165, 1.54) is 11.1 Å². The van der Waals surface area contributed by atoms with Crippen LogP contribution in [0.15, 0.2) is 18.2 Å². The van der Waals surface area contributed by atoms with E-state index in [1.54, 1.807) is 6.07 Å². The fourth-order valence-electron chi connectivity index (χ4n) is 4.94. The van der Waals surface area contributed by atoms with Gasteiger partial charge in [-0.15, -0.1) is 0 Å². The Morgan fingerprint density at radius 1 is 1.19 bits per heavy atom. The van der Waals surface area contributed by atoms with Gasteiger partial charge in [0.2, 0.25) is 6.41 Å². The zero-order valence-corrected chi connectivity index (χ0v) is 20.8. The van der Waals surface area contributed by atoms with Crippen molar-refractivity contribution in [3.05, 3.63) is 29.3 Å². The van der Waals surface area contributed by atoms with Gasteiger partial charge in [-0.2, -0.15) is 0 Å². The number of rotatable bonds is 13. The molecule has 3 atom stereocenters. The lowest BCUT2D eigenvalue weighted by Crippen LogP contribution is -2.47. The minimum absolute atomic E-state index is 0.0722. The predicted molar refractivity (Wildman–Crippen MR) is 132 cm³/mol. The lowest BCUT2D eigenvalue weighted by atomic mass is 9.89. The van der Waals surface area contributed by atoms with Crippen LogP contribution in [0, 0.1) is 5.92 Å². The molecule has 182 valence electrons. The van der Waals surface area contributed by atoms with Crippen LogP contribution < -0.4 is 0 Å². The molecular formula is C27H46N2O3. The molecule has 5 heteroatoms. The van der Waals surface area contributed by atoms with Crippen LogP contribution in [-0.4, -0.2) is 64.2 Å². The number of phenols is 1. The standard InChI is InChI=1S/C27H46N2O3/c1-5-7-15-28-16-8-9-22-18-25(31)12-10-23(22)19-26(28)27(32)13-11-24(6-2)29(20-30)17-14-21(3)4/h10,12,18,20-21,24,26-27,31-32H,5-9,11,13-17,19H2,1-4H3. The Morgan fingerprint density at radius 2 is 1.97 bits per heavy atom. The molecule has 1 amide bonds. The first-order valence-electron chi connectivity index (χ1n) is 12.8. The predicted octanol–water partition coefficient (Wildman–Crippen LogP) is 4.78. The Kier molecular flexibility index (Phi) is 11.5. The van der Waals surface area contributed by atoms with Crippen molar-refractivity contribution in [1.29, 1.82) is 0 Å². The Balaban J connectivity index is 2.11. The summed E-state index contributed by atoms with van der Waals surface area (Å²) in [6.07, 6.45) is 9.11. The molecule has 2 N–H and O–H groups in total. The highest BCUT2D eigenvalue weighted by atomic mass is 16.3. The van der Waals surface area contributed by atoms with Gasteiger partial charge in [0.1, 0.15) is 5.75 Å². The summed E-state index contributed by atoms with van der Waals surface area (Å²) >= 11 is 0. The van der Waals surface area contributed by atoms with Crippen molar-refractivity contribution in [3.63, 3.8) is 0 Å². The first-order chi connectivity index (χ1) is 15.4. The molecule has 3 unspecified atom stereocenters. The summed E-state index contributed by atoms with van der Waals surface area (Å²) in [5.41, 5.74) is 2.45. The summed E-state index contributed by atoms with van der Waals surface area (Å²) in [6.45, 7) is 11.5. The van der Waals surface area contributed by atoms with E-state index in [9.17, 15) is 15.0 Å². The number of hydrogen-bond acceptors (Lipinski definition) is 4. The molecule has 1 aromatic carbocycles. The smallest absolute Gasteiger partial charge is 0.209 e. The summed E-state index contributed by atoms with van der Waals surface area (Å²) in [6, 6.07) is 5.95. The van der Waals surface area contributed by atoms with Crippen molar-refractivity contribution in [2.45, 2.75) is 104 Å². The van der Waals surface area contributed by atoms with Crippen LogP contribution in [0.5, 0.6) is 5.75 Å². The van der Waals surface area contributed by atoms with E-state index in [0.717, 1.165) is 77.4 Å². The Hall–Kier alpha value is -1.59. The maximum atomic E-state index is 11.7. The average molecular weight is 447 g/mol. The largest absolute Gasteiger partial charge is 0.508 e. The van der Waals surface area contributed by atoms with Gasteiger partial charge in [0.05, 0.1) is 6.10 Å². The van der Waals surface area contributed by atoms with E-state index in [4.69, 9.17) is 0 Å². The molecule has 0 bridgehead atoms. The summed E-state index contributed by atoms with van der Waals surface area (Å²) in [7, 11) is 0. The molecule has 0 fully saturated rings. The highest BCUT2D eigenvalue weighted by Crippen LogP contribution is 2.27. The fourth-order valence-corrected chi connectivity index (χ4v) is 4.94. The number of amides is 1. The van der Waals surface area contributed by atoms with Crippen molar-refractivity contribution in [2.24, 2.45) is 5.92 Å². The third-order valence-electron chi connectivity index (χ3n) is 7.06. The second-order valence-electron chi connectivity index (χ2n) is 9.95. The van der Waals surface area contributed by atoms with Gasteiger partial charge in [-0.25, -0.2) is 0 Å². The number of hydrogen-bond donors (Lipinski definition) is 2. The van der Waals surface area contributed by atoms with Gasteiger partial charge in [0.25, 0.3) is 0 Å². The van der Waals surface area contributed by atoms with Crippen LogP contribution in [0.2, 0.25) is 0 Å². The van der Waals surface area contributed by atoms with Gasteiger partial charge >= 0.3 is 0 Å². The van der Waals surface area contributed by atoms with Crippen LogP contribution in [0.3, 0.4) is 0 Å². The quantitative estimate of drug-likeness (QED) is 0.428. The normalized spacial score (nSPS) is 19.1. The van der Waals surface area contributed by atoms with Crippen molar-refractivity contribution in [2.75, 3.05) is 19.6 Å². The molecular weight excluding hydrogens is 400 g/mol. The van der Waals surface area contributed by atoms with Crippen LogP contribution in [0.25, 0.3) is 0 Å². The first-order valence-corrected chi connectivity index (χ1v) is 12.8. The molecule has 2 rings (SSSR count). The van der Waals surface area contributed by atoms with Crippen molar-refractivity contribution >= 4 is 6.41 Å². The maximum Gasteiger partial charge on any atom is 0.209 e. The molecule has 0 saturated carbocycles. The molecule has 0 spiro atoms. The molecule has 32 heavy (non-hydrogen) atoms. The summed E-state index contributed by atoms with van der Waals surface area (Å²) in [5.74, 6) is 0.896. The van der Waals surface area contributed by atoms with Gasteiger partial charge < -0.3 is 15.1 Å². The number of aliphatic hydroxyl groups is 1. The lowest BCUT2D eigenvalue weighted by Gasteiger charge is -2.38. The van der Waals surface area contributed by atoms with Crippen molar-refractivity contribution in [3.8, 4) is 5.75 Å². The molecule has 1 aliphatic heterocycles. The highest BCUT2D eigenvalue weighted by molar-refractivity contribution is 5.47. The molecule has 0 aromatic heterocycles. The second-order valence-corrected chi connectivity index (χ2v) is 9.95. The zero-order chi connectivity index (χ0) is 23.5. The monoisotopic (exact) mass is 446 g/mol. The van der Waals surface area contributed by atoms with Gasteiger partial charge in [-0.3, -0.25) is 9.69 Å². The van der Waals surface area contributed by atoms with Gasteiger partial charge in [0, 0.05) is 18.6 Å². The lowest BCUT2D eigenvalue weighted by molar-refractivity contribution is -0.120. The third-order valence-corrected chi connectivity index (χ3v) is 7.06. The van der Waals surface area contributed by atoms with Gasteiger partial charge in [-0.05, 0) is 93.6 Å². The molecule has 1 heterocycles. The van der Waals surface area contributed by atoms with Crippen LogP contribution in [-0.2, 0) is 17.6 Å². The number of carbonyl (C=O) groups excluding carboxylic acids is 1. The Labute approximate surface area is 195 Å². The number of benzene rings is 1. The second kappa shape index (κ2) is 13.8. The fraction of sp³-hybridized carbons (Fsp3) is 0.741. The Morgan fingerprint density at radius 3 is 2.62 bits per heavy atom. The minimum Gasteiger partial charge on any atom is -0.508 e. The van der Waals surface area contributed by atoms with E-state index < -0.39 is 6.10 Å². The first kappa shape index (κ1) is 26.7. The van der Waals surface area contributed by atoms with Gasteiger partial charge in [-0.1, -0.05) is 40.2 Å². The van der Waals surface area contributed by atoms with E-state index in [-0.39, 0.29) is 12.1 Å². The zero-order valence-electron chi connectivity index (χ0n) is 20.8. The van der Waals surface area contributed by atoms with E-state index in [1.807, 2.05) is 17.0 Å². The summed E-state index contributed by atoms with van der Waals surface area (Å²) in [4.78, 5) is 16.1. The molecule has 0 aliphatic carbocycles. The van der Waals surface area contributed by atoms with Crippen molar-refractivity contribution in [1.82, 2.24) is 9.80 Å². The third kappa shape index (κ3) is 8.08. The number of aromatic hydroxyl groups is 1. The number of phenolic OH excluding ortho intramolecular Hbond substituents is 1. The number of carbonyl (C=O) groups is 1. The van der Waals surface area contributed by atoms with Crippen molar-refractivity contribution < 1.29 is 15.0 Å². The molecule has 5 nitrogen and oxygen atoms in total. The van der Waals surface area contributed by atoms with Crippen LogP contribution in [0.1, 0.15) is 83.8 Å². The number of fused-ring (bicyclic) bond motifs is 1. The van der Waals surface area contributed by atoms with E-state index in [2.05, 4.69) is 32.6 Å². The van der Waals surface area contributed by atoms with Gasteiger partial charge in [0.15, 0.2) is 0 Å². The number of aryl methyl sites for hydroxylation is 1. The van der Waals surface area contributed by atoms with E-state index in [0.29, 0.717) is 18.1 Å². The highest BCUT2D eigenvalue weighted by Gasteiger charge is 2.29. The Bertz CT molecular complexity index is 679. The summed E-state index contributed by atoms with van der Waals surface area (Å²) < 4.78 is 0. The minimum atomic E-state index is -0.431. The van der Waals surface area contributed by atoms with Crippen LogP contribution >= 0.6 is 0 Å². The SMILES string of the molecule is CCCCN1CCCc2cc(O)ccc2CC1C(O)CCC(CC)N(C=O)CCC(C)C. The maximum absolute atomic E-state index is 11.7. The van der Waals surface area contributed by atoms with Crippen LogP contribution in [0.4, 0.5) is 0 Å². The molecule has 0 saturated heterocycles. The topological polar surface area (TPSA) is 64.0 Å². The summed E-state index contributed by atoms with van der Waals surface area (Å²) in [5, 5.41) is 21.3. The number of nitrogens with zero attached hydrogens (tertiary/aromatic N) is 2. The van der Waals surface area contributed by atoms with E-state index >= 15 is 0 Å². The average Bonchev–Trinajstić information content (AvgIpc) is 2.76. The molecule has 1 aliphatic rings.